The summed E-state index contributed by atoms with van der Waals surface area (Å²) in [4.78, 5) is 12.4. The molecule has 0 spiro atoms. The number of esters is 1. The highest BCUT2D eigenvalue weighted by molar-refractivity contribution is 5.76. The van der Waals surface area contributed by atoms with Gasteiger partial charge in [-0.25, -0.2) is 22.0 Å². The Labute approximate surface area is 236 Å². The summed E-state index contributed by atoms with van der Waals surface area (Å²) in [5.41, 5.74) is -6.85. The second-order valence-corrected chi connectivity index (χ2v) is 10.4. The zero-order valence-electron chi connectivity index (χ0n) is 22.3. The minimum atomic E-state index is -8.24. The lowest BCUT2D eigenvalue weighted by Crippen LogP contribution is -2.70. The Balaban J connectivity index is 3.34. The van der Waals surface area contributed by atoms with Crippen LogP contribution in [0.3, 0.4) is 0 Å². The maximum atomic E-state index is 15.6. The largest absolute Gasteiger partial charge is 0.465 e. The molecular weight excluding hydrogens is 662 g/mol. The topological polar surface area (TPSA) is 26.3 Å². The van der Waals surface area contributed by atoms with Crippen LogP contribution in [0.2, 0.25) is 0 Å². The van der Waals surface area contributed by atoms with Gasteiger partial charge in [-0.15, -0.1) is 0 Å². The molecule has 2 atom stereocenters. The van der Waals surface area contributed by atoms with E-state index >= 15 is 4.39 Å². The third-order valence-corrected chi connectivity index (χ3v) is 6.54. The molecule has 0 aliphatic rings. The Hall–Kier alpha value is -2.57. The third kappa shape index (κ3) is 6.82. The quantitative estimate of drug-likeness (QED) is 0.144. The molecule has 44 heavy (non-hydrogen) atoms. The van der Waals surface area contributed by atoms with Gasteiger partial charge in [0.15, 0.2) is 5.67 Å². The number of hydrogen-bond acceptors (Lipinski definition) is 2. The Morgan fingerprint density at radius 2 is 1.11 bits per heavy atom. The lowest BCUT2D eigenvalue weighted by Gasteiger charge is -2.41. The molecule has 1 rings (SSSR count). The van der Waals surface area contributed by atoms with Crippen LogP contribution in [0.25, 0.3) is 0 Å². The standard InChI is InChI=1S/C24H22F18O2/c1-16(2,11-18(29,17(3,27)28)12-7-5-4-6-8-12)15(43)44-10-9-13(21(34,35)36)19(30,31)22(37,38)24(41,42)23(39,40)20(32,33)14(25)26/h4-8,13-14H,9-11H2,1-3H3. The normalized spacial score (nSPS) is 17.0. The zero-order chi connectivity index (χ0) is 35.2. The summed E-state index contributed by atoms with van der Waals surface area (Å²) in [5, 5.41) is 0. The summed E-state index contributed by atoms with van der Waals surface area (Å²) < 4.78 is 249. The van der Waals surface area contributed by atoms with Crippen molar-refractivity contribution in [3.05, 3.63) is 35.9 Å². The summed E-state index contributed by atoms with van der Waals surface area (Å²) in [5.74, 6) is -50.6. The molecule has 0 radical (unpaired) electrons. The van der Waals surface area contributed by atoms with Gasteiger partial charge in [-0.3, -0.25) is 4.79 Å². The molecule has 1 aromatic carbocycles. The lowest BCUT2D eigenvalue weighted by atomic mass is 9.75. The summed E-state index contributed by atoms with van der Waals surface area (Å²) in [6, 6.07) is 5.25. The van der Waals surface area contributed by atoms with E-state index in [0.717, 1.165) is 24.3 Å². The molecule has 1 aromatic rings. The van der Waals surface area contributed by atoms with Crippen molar-refractivity contribution < 1.29 is 88.6 Å². The van der Waals surface area contributed by atoms with Crippen LogP contribution in [0, 0.1) is 11.3 Å². The summed E-state index contributed by atoms with van der Waals surface area (Å²) in [7, 11) is 0. The smallest absolute Gasteiger partial charge is 0.397 e. The van der Waals surface area contributed by atoms with E-state index in [-0.39, 0.29) is 6.92 Å². The van der Waals surface area contributed by atoms with Gasteiger partial charge < -0.3 is 4.74 Å². The molecule has 0 aliphatic heterocycles. The second kappa shape index (κ2) is 12.0. The Kier molecular flexibility index (Phi) is 10.7. The lowest BCUT2D eigenvalue weighted by molar-refractivity contribution is -0.427. The van der Waals surface area contributed by atoms with E-state index in [0.29, 0.717) is 13.8 Å². The predicted molar refractivity (Wildman–Crippen MR) is 114 cm³/mol. The highest BCUT2D eigenvalue weighted by Crippen LogP contribution is 2.61. The van der Waals surface area contributed by atoms with Gasteiger partial charge in [0, 0.05) is 13.3 Å². The first-order valence-corrected chi connectivity index (χ1v) is 11.8. The fraction of sp³-hybridized carbons (Fsp3) is 0.708. The molecule has 0 heterocycles. The third-order valence-electron chi connectivity index (χ3n) is 6.54. The van der Waals surface area contributed by atoms with Crippen molar-refractivity contribution in [3.63, 3.8) is 0 Å². The van der Waals surface area contributed by atoms with Crippen molar-refractivity contribution in [3.8, 4) is 0 Å². The highest BCUT2D eigenvalue weighted by Gasteiger charge is 2.89. The molecule has 0 aliphatic carbocycles. The molecule has 0 saturated heterocycles. The maximum absolute atomic E-state index is 15.6. The molecule has 20 heteroatoms. The molecule has 0 saturated carbocycles. The molecule has 0 bridgehead atoms. The van der Waals surface area contributed by atoms with Gasteiger partial charge in [0.25, 0.3) is 5.92 Å². The van der Waals surface area contributed by atoms with E-state index in [9.17, 15) is 79.4 Å². The van der Waals surface area contributed by atoms with Crippen LogP contribution >= 0.6 is 0 Å². The Morgan fingerprint density at radius 1 is 0.682 bits per heavy atom. The fourth-order valence-electron chi connectivity index (χ4n) is 3.88. The van der Waals surface area contributed by atoms with Crippen LogP contribution in [-0.2, 0) is 15.2 Å². The van der Waals surface area contributed by atoms with Gasteiger partial charge in [0.1, 0.15) is 5.92 Å². The van der Waals surface area contributed by atoms with Crippen LogP contribution in [0.1, 0.15) is 39.2 Å². The summed E-state index contributed by atoms with van der Waals surface area (Å²) in [6.07, 6.45) is -16.8. The molecule has 2 nitrogen and oxygen atoms in total. The van der Waals surface area contributed by atoms with E-state index in [1.54, 1.807) is 0 Å². The van der Waals surface area contributed by atoms with E-state index < -0.39 is 96.1 Å². The van der Waals surface area contributed by atoms with Crippen molar-refractivity contribution in [2.45, 2.75) is 87.4 Å². The molecule has 0 aromatic heterocycles. The van der Waals surface area contributed by atoms with Crippen LogP contribution in [0.4, 0.5) is 79.0 Å². The van der Waals surface area contributed by atoms with Crippen molar-refractivity contribution >= 4 is 5.97 Å². The number of carbonyl (C=O) groups excluding carboxylic acids is 1. The van der Waals surface area contributed by atoms with E-state index in [1.807, 2.05) is 0 Å². The number of halogens is 18. The Morgan fingerprint density at radius 3 is 1.50 bits per heavy atom. The number of rotatable bonds is 14. The SMILES string of the molecule is CC(C)(CC(F)(c1ccccc1)C(C)(F)F)C(=O)OCCC(C(F)(F)F)C(F)(F)C(F)(F)C(F)(F)C(F)(F)C(F)(F)C(F)F. The average molecular weight is 684 g/mol. The number of hydrogen-bond donors (Lipinski definition) is 0. The molecule has 2 unspecified atom stereocenters. The van der Waals surface area contributed by atoms with Crippen LogP contribution in [0.15, 0.2) is 30.3 Å². The monoisotopic (exact) mass is 684 g/mol. The van der Waals surface area contributed by atoms with Gasteiger partial charge in [-0.1, -0.05) is 30.3 Å². The summed E-state index contributed by atoms with van der Waals surface area (Å²) in [6.45, 7) is -0.628. The van der Waals surface area contributed by atoms with Crippen LogP contribution in [0.5, 0.6) is 0 Å². The van der Waals surface area contributed by atoms with Crippen LogP contribution in [-0.4, -0.2) is 60.7 Å². The van der Waals surface area contributed by atoms with Crippen molar-refractivity contribution in [2.75, 3.05) is 6.61 Å². The van der Waals surface area contributed by atoms with Gasteiger partial charge in [0.2, 0.25) is 0 Å². The van der Waals surface area contributed by atoms with E-state index in [2.05, 4.69) is 4.74 Å². The number of alkyl halides is 18. The van der Waals surface area contributed by atoms with E-state index in [1.165, 1.54) is 6.07 Å². The number of benzene rings is 1. The predicted octanol–water partition coefficient (Wildman–Crippen LogP) is 9.48. The first-order chi connectivity index (χ1) is 19.3. The molecule has 0 N–H and O–H groups in total. The molecule has 256 valence electrons. The fourth-order valence-corrected chi connectivity index (χ4v) is 3.88. The summed E-state index contributed by atoms with van der Waals surface area (Å²) >= 11 is 0. The maximum Gasteiger partial charge on any atom is 0.397 e. The van der Waals surface area contributed by atoms with Gasteiger partial charge in [0.05, 0.1) is 12.0 Å². The minimum absolute atomic E-state index is 0.0914. The second-order valence-electron chi connectivity index (χ2n) is 10.4. The zero-order valence-corrected chi connectivity index (χ0v) is 22.3. The van der Waals surface area contributed by atoms with Crippen molar-refractivity contribution in [2.24, 2.45) is 11.3 Å². The number of carbonyl (C=O) groups is 1. The first kappa shape index (κ1) is 39.5. The van der Waals surface area contributed by atoms with Crippen molar-refractivity contribution in [1.29, 1.82) is 0 Å². The molecule has 0 amide bonds. The minimum Gasteiger partial charge on any atom is -0.465 e. The number of ether oxygens (including phenoxy) is 1. The Bertz CT molecular complexity index is 1120. The average Bonchev–Trinajstić information content (AvgIpc) is 2.84. The first-order valence-electron chi connectivity index (χ1n) is 11.8. The van der Waals surface area contributed by atoms with Crippen molar-refractivity contribution in [1.82, 2.24) is 0 Å². The van der Waals surface area contributed by atoms with E-state index in [4.69, 9.17) is 0 Å². The highest BCUT2D eigenvalue weighted by atomic mass is 19.4. The molecule has 0 fully saturated rings. The van der Waals surface area contributed by atoms with Crippen LogP contribution < -0.4 is 0 Å². The van der Waals surface area contributed by atoms with Gasteiger partial charge in [-0.05, 0) is 25.8 Å². The van der Waals surface area contributed by atoms with Gasteiger partial charge in [-0.2, -0.15) is 57.1 Å². The van der Waals surface area contributed by atoms with Gasteiger partial charge >= 0.3 is 48.2 Å². The molecular formula is C24H22F18O2.